The predicted octanol–water partition coefficient (Wildman–Crippen LogP) is 10.2. The lowest BCUT2D eigenvalue weighted by atomic mass is 9.86. The van der Waals surface area contributed by atoms with Crippen LogP contribution in [0.3, 0.4) is 0 Å². The quantitative estimate of drug-likeness (QED) is 0.193. The normalized spacial score (nSPS) is 19.3. The molecule has 0 fully saturated rings. The number of aliphatic carboxylic acids is 2. The van der Waals surface area contributed by atoms with Gasteiger partial charge in [-0.15, -0.1) is 0 Å². The smallest absolute Gasteiger partial charge is 0.309 e. The van der Waals surface area contributed by atoms with Gasteiger partial charge in [-0.2, -0.15) is 0 Å². The number of carboxylic acid groups (broad SMARTS) is 2. The number of hydrogen-bond acceptors (Lipinski definition) is 4. The molecule has 0 saturated carbocycles. The van der Waals surface area contributed by atoms with Gasteiger partial charge in [-0.05, 0) is 98.7 Å². The molecule has 0 amide bonds. The van der Waals surface area contributed by atoms with Crippen molar-refractivity contribution in [3.8, 4) is 0 Å². The Morgan fingerprint density at radius 2 is 0.895 bits per heavy atom. The highest BCUT2D eigenvalue weighted by atomic mass is 32.2. The molecule has 0 aromatic carbocycles. The van der Waals surface area contributed by atoms with Crippen molar-refractivity contribution in [2.75, 3.05) is 0 Å². The molecule has 38 heavy (non-hydrogen) atoms. The maximum Gasteiger partial charge on any atom is 0.309 e. The Morgan fingerprint density at radius 3 is 1.18 bits per heavy atom. The number of carboxylic acids is 2. The summed E-state index contributed by atoms with van der Waals surface area (Å²) in [5.74, 6) is -1.43. The molecule has 0 atom stereocenters. The molecular formula is C32H50O4S2. The second-order valence-corrected chi connectivity index (χ2v) is 16.1. The fourth-order valence-corrected chi connectivity index (χ4v) is 7.91. The van der Waals surface area contributed by atoms with Crippen LogP contribution in [0.5, 0.6) is 0 Å². The van der Waals surface area contributed by atoms with Crippen LogP contribution in [0.25, 0.3) is 0 Å². The fraction of sp³-hybridized carbons (Fsp3) is 0.688. The molecule has 0 spiro atoms. The van der Waals surface area contributed by atoms with Crippen molar-refractivity contribution < 1.29 is 19.8 Å². The molecule has 2 N–H and O–H groups in total. The molecule has 0 aromatic rings. The predicted molar refractivity (Wildman–Crippen MR) is 164 cm³/mol. The maximum atomic E-state index is 11.4. The minimum absolute atomic E-state index is 0.0401. The first-order valence-corrected chi connectivity index (χ1v) is 15.7. The highest BCUT2D eigenvalue weighted by Crippen LogP contribution is 2.46. The van der Waals surface area contributed by atoms with Crippen LogP contribution in [-0.2, 0) is 9.59 Å². The van der Waals surface area contributed by atoms with Crippen LogP contribution in [0, 0.1) is 21.7 Å². The summed E-state index contributed by atoms with van der Waals surface area (Å²) in [7, 11) is 0. The molecule has 0 saturated heterocycles. The monoisotopic (exact) mass is 562 g/mol. The molecule has 0 unspecified atom stereocenters. The van der Waals surface area contributed by atoms with Crippen molar-refractivity contribution in [3.63, 3.8) is 0 Å². The summed E-state index contributed by atoms with van der Waals surface area (Å²) >= 11 is 3.83. The molecule has 2 aliphatic heterocycles. The van der Waals surface area contributed by atoms with Crippen LogP contribution >= 0.6 is 23.5 Å². The van der Waals surface area contributed by atoms with E-state index in [1.807, 2.05) is 51.2 Å². The Hall–Kier alpha value is -1.40. The van der Waals surface area contributed by atoms with Gasteiger partial charge in [-0.1, -0.05) is 88.4 Å². The number of thioether (sulfide) groups is 2. The summed E-state index contributed by atoms with van der Waals surface area (Å²) in [4.78, 5) is 28.5. The second kappa shape index (κ2) is 13.3. The molecule has 214 valence electrons. The van der Waals surface area contributed by atoms with Gasteiger partial charge in [0.25, 0.3) is 0 Å². The average molecular weight is 563 g/mol. The third kappa shape index (κ3) is 11.0. The van der Waals surface area contributed by atoms with Crippen molar-refractivity contribution in [1.82, 2.24) is 0 Å². The van der Waals surface area contributed by atoms with Crippen LogP contribution in [0.1, 0.15) is 120 Å². The Kier molecular flexibility index (Phi) is 11.5. The van der Waals surface area contributed by atoms with Crippen LogP contribution in [0.15, 0.2) is 43.9 Å². The SMILES string of the molecule is CC1(C)C=C(CCCCC(C)(C)C(=O)O)SC(CCC2=CC(C)(C)C=C(CCCCC(C)(C)C(=O)O)S2)=C1. The van der Waals surface area contributed by atoms with Crippen molar-refractivity contribution in [2.24, 2.45) is 21.7 Å². The van der Waals surface area contributed by atoms with Gasteiger partial charge in [-0.3, -0.25) is 9.59 Å². The van der Waals surface area contributed by atoms with Gasteiger partial charge in [0.1, 0.15) is 0 Å². The third-order valence-corrected chi connectivity index (χ3v) is 9.72. The zero-order valence-corrected chi connectivity index (χ0v) is 26.5. The number of rotatable bonds is 15. The van der Waals surface area contributed by atoms with E-state index in [-0.39, 0.29) is 10.8 Å². The second-order valence-electron chi connectivity index (χ2n) is 13.6. The average Bonchev–Trinajstić information content (AvgIpc) is 2.76. The molecule has 0 aliphatic carbocycles. The molecule has 0 radical (unpaired) electrons. The molecule has 0 aromatic heterocycles. The summed E-state index contributed by atoms with van der Waals surface area (Å²) in [5, 5.41) is 18.7. The van der Waals surface area contributed by atoms with Gasteiger partial charge >= 0.3 is 11.9 Å². The lowest BCUT2D eigenvalue weighted by Crippen LogP contribution is -2.23. The van der Waals surface area contributed by atoms with Gasteiger partial charge in [0.05, 0.1) is 10.8 Å². The first kappa shape index (κ1) is 32.8. The number of allylic oxidation sites excluding steroid dienone is 8. The van der Waals surface area contributed by atoms with E-state index in [1.165, 1.54) is 19.6 Å². The molecule has 6 heteroatoms. The Morgan fingerprint density at radius 1 is 0.605 bits per heavy atom. The van der Waals surface area contributed by atoms with Crippen LogP contribution in [0.4, 0.5) is 0 Å². The van der Waals surface area contributed by atoms with Gasteiger partial charge in [0.2, 0.25) is 0 Å². The van der Waals surface area contributed by atoms with Crippen LogP contribution in [-0.4, -0.2) is 22.2 Å². The summed E-state index contributed by atoms with van der Waals surface area (Å²) in [6.45, 7) is 16.3. The van der Waals surface area contributed by atoms with E-state index in [4.69, 9.17) is 0 Å². The van der Waals surface area contributed by atoms with Crippen molar-refractivity contribution in [3.05, 3.63) is 43.9 Å². The summed E-state index contributed by atoms with van der Waals surface area (Å²) < 4.78 is 0. The van der Waals surface area contributed by atoms with E-state index in [0.29, 0.717) is 12.8 Å². The van der Waals surface area contributed by atoms with E-state index in [9.17, 15) is 19.8 Å². The highest BCUT2D eigenvalue weighted by molar-refractivity contribution is 8.07. The third-order valence-electron chi connectivity index (χ3n) is 7.38. The first-order chi connectivity index (χ1) is 17.4. The van der Waals surface area contributed by atoms with Crippen molar-refractivity contribution in [2.45, 2.75) is 120 Å². The summed E-state index contributed by atoms with van der Waals surface area (Å²) in [6, 6.07) is 0. The number of unbranched alkanes of at least 4 members (excludes halogenated alkanes) is 2. The Bertz CT molecular complexity index is 913. The van der Waals surface area contributed by atoms with E-state index in [0.717, 1.165) is 51.4 Å². The molecular weight excluding hydrogens is 512 g/mol. The molecule has 0 bridgehead atoms. The lowest BCUT2D eigenvalue weighted by Gasteiger charge is -2.28. The standard InChI is InChI=1S/C32H50O4S2/c1-29(2)19-23(13-9-11-17-31(5,6)27(33)34)37-25(21-29)15-16-26-22-30(3,4)20-24(38-26)14-10-12-18-32(7,8)28(35)36/h19-22H,9-18H2,1-8H3,(H,33,34)(H,35,36). The van der Waals surface area contributed by atoms with E-state index >= 15 is 0 Å². The molecule has 2 aliphatic rings. The zero-order chi connectivity index (χ0) is 28.8. The largest absolute Gasteiger partial charge is 0.481 e. The molecule has 4 nitrogen and oxygen atoms in total. The van der Waals surface area contributed by atoms with Crippen molar-refractivity contribution in [1.29, 1.82) is 0 Å². The van der Waals surface area contributed by atoms with E-state index in [1.54, 1.807) is 0 Å². The Labute approximate surface area is 239 Å². The minimum atomic E-state index is -0.715. The van der Waals surface area contributed by atoms with Crippen LogP contribution < -0.4 is 0 Å². The van der Waals surface area contributed by atoms with Gasteiger partial charge < -0.3 is 10.2 Å². The van der Waals surface area contributed by atoms with Crippen molar-refractivity contribution >= 4 is 35.5 Å². The van der Waals surface area contributed by atoms with E-state index in [2.05, 4.69) is 52.0 Å². The minimum Gasteiger partial charge on any atom is -0.481 e. The highest BCUT2D eigenvalue weighted by Gasteiger charge is 2.28. The van der Waals surface area contributed by atoms with Gasteiger partial charge in [-0.25, -0.2) is 0 Å². The first-order valence-electron chi connectivity index (χ1n) is 14.1. The zero-order valence-electron chi connectivity index (χ0n) is 24.9. The fourth-order valence-electron chi connectivity index (χ4n) is 4.88. The summed E-state index contributed by atoms with van der Waals surface area (Å²) in [6.07, 6.45) is 19.0. The summed E-state index contributed by atoms with van der Waals surface area (Å²) in [5.41, 5.74) is -1.23. The number of carbonyl (C=O) groups is 2. The van der Waals surface area contributed by atoms with Gasteiger partial charge in [0, 0.05) is 10.8 Å². The van der Waals surface area contributed by atoms with Gasteiger partial charge in [0.15, 0.2) is 0 Å². The van der Waals surface area contributed by atoms with E-state index < -0.39 is 22.8 Å². The Balaban J connectivity index is 1.87. The topological polar surface area (TPSA) is 74.6 Å². The number of hydrogen-bond donors (Lipinski definition) is 2. The molecule has 2 heterocycles. The maximum absolute atomic E-state index is 11.4. The lowest BCUT2D eigenvalue weighted by molar-refractivity contribution is -0.148. The molecule has 2 rings (SSSR count). The van der Waals surface area contributed by atoms with Crippen LogP contribution in [0.2, 0.25) is 0 Å².